The molecule has 1 unspecified atom stereocenters. The predicted octanol–water partition coefficient (Wildman–Crippen LogP) is 2.98. The fourth-order valence-electron chi connectivity index (χ4n) is 2.07. The number of likely N-dealkylation sites (N-methyl/N-ethyl adjacent to an activating group) is 1. The Hall–Kier alpha value is -0.860. The first-order valence-electron chi connectivity index (χ1n) is 6.49. The Morgan fingerprint density at radius 1 is 1.18 bits per heavy atom. The Bertz CT molecular complexity index is 308. The van der Waals surface area contributed by atoms with Crippen molar-refractivity contribution < 1.29 is 4.74 Å². The van der Waals surface area contributed by atoms with Crippen LogP contribution in [0.5, 0.6) is 0 Å². The van der Waals surface area contributed by atoms with E-state index in [0.717, 1.165) is 19.8 Å². The van der Waals surface area contributed by atoms with Crippen LogP contribution in [-0.4, -0.2) is 25.8 Å². The molecule has 1 rings (SSSR count). The molecule has 0 aromatic heterocycles. The average molecular weight is 235 g/mol. The fraction of sp³-hybridized carbons (Fsp3) is 0.600. The van der Waals surface area contributed by atoms with Crippen LogP contribution in [0.2, 0.25) is 0 Å². The molecule has 2 heteroatoms. The number of hydrogen-bond acceptors (Lipinski definition) is 2. The maximum atomic E-state index is 5.59. The smallest absolute Gasteiger partial charge is 0.0627 e. The van der Waals surface area contributed by atoms with Crippen molar-refractivity contribution in [1.29, 1.82) is 0 Å². The summed E-state index contributed by atoms with van der Waals surface area (Å²) in [5, 5.41) is 3.53. The average Bonchev–Trinajstić information content (AvgIpc) is 2.35. The second-order valence-electron chi connectivity index (χ2n) is 4.86. The summed E-state index contributed by atoms with van der Waals surface area (Å²) in [6.45, 7) is 11.2. The highest BCUT2D eigenvalue weighted by Gasteiger charge is 2.30. The summed E-state index contributed by atoms with van der Waals surface area (Å²) >= 11 is 0. The number of hydrogen-bond donors (Lipinski definition) is 1. The second-order valence-corrected chi connectivity index (χ2v) is 4.86. The molecule has 0 aliphatic heterocycles. The topological polar surface area (TPSA) is 21.3 Å². The van der Waals surface area contributed by atoms with Crippen molar-refractivity contribution in [3.8, 4) is 0 Å². The van der Waals surface area contributed by atoms with Crippen molar-refractivity contribution in [1.82, 2.24) is 5.32 Å². The normalized spacial score (nSPS) is 13.6. The lowest BCUT2D eigenvalue weighted by molar-refractivity contribution is 0.100. The molecule has 0 saturated carbocycles. The predicted molar refractivity (Wildman–Crippen MR) is 73.4 cm³/mol. The molecule has 17 heavy (non-hydrogen) atoms. The Morgan fingerprint density at radius 3 is 2.35 bits per heavy atom. The molecule has 0 fully saturated rings. The third-order valence-electron chi connectivity index (χ3n) is 3.33. The molecule has 1 N–H and O–H groups in total. The minimum Gasteiger partial charge on any atom is -0.380 e. The number of benzene rings is 1. The summed E-state index contributed by atoms with van der Waals surface area (Å²) in [6, 6.07) is 11.0. The van der Waals surface area contributed by atoms with Crippen LogP contribution in [0.4, 0.5) is 0 Å². The highest BCUT2D eigenvalue weighted by Crippen LogP contribution is 2.27. The van der Waals surface area contributed by atoms with Crippen LogP contribution in [-0.2, 0) is 10.2 Å². The molecule has 0 heterocycles. The van der Waals surface area contributed by atoms with Gasteiger partial charge in [-0.2, -0.15) is 0 Å². The summed E-state index contributed by atoms with van der Waals surface area (Å²) < 4.78 is 5.59. The zero-order chi connectivity index (χ0) is 12.7. The Morgan fingerprint density at radius 2 is 1.82 bits per heavy atom. The van der Waals surface area contributed by atoms with Gasteiger partial charge in [-0.25, -0.2) is 0 Å². The number of rotatable bonds is 7. The van der Waals surface area contributed by atoms with Gasteiger partial charge in [-0.05, 0) is 19.0 Å². The highest BCUT2D eigenvalue weighted by molar-refractivity contribution is 5.25. The Labute approximate surface area is 105 Å². The van der Waals surface area contributed by atoms with E-state index in [2.05, 4.69) is 56.4 Å². The number of nitrogens with one attached hydrogen (secondary N) is 1. The first-order valence-corrected chi connectivity index (χ1v) is 6.49. The SMILES string of the molecule is CCNC(COCC)C(C)(C)c1ccccc1. The van der Waals surface area contributed by atoms with Crippen molar-refractivity contribution in [2.24, 2.45) is 0 Å². The summed E-state index contributed by atoms with van der Waals surface area (Å²) in [5.74, 6) is 0. The van der Waals surface area contributed by atoms with E-state index in [0.29, 0.717) is 6.04 Å². The van der Waals surface area contributed by atoms with Crippen molar-refractivity contribution in [2.45, 2.75) is 39.2 Å². The number of ether oxygens (including phenoxy) is 1. The zero-order valence-electron chi connectivity index (χ0n) is 11.5. The van der Waals surface area contributed by atoms with Gasteiger partial charge in [-0.1, -0.05) is 51.1 Å². The molecule has 1 aromatic rings. The molecule has 1 aromatic carbocycles. The zero-order valence-corrected chi connectivity index (χ0v) is 11.5. The van der Waals surface area contributed by atoms with Gasteiger partial charge in [0, 0.05) is 18.1 Å². The first-order chi connectivity index (χ1) is 8.12. The van der Waals surface area contributed by atoms with Gasteiger partial charge in [-0.15, -0.1) is 0 Å². The van der Waals surface area contributed by atoms with E-state index in [1.807, 2.05) is 6.92 Å². The van der Waals surface area contributed by atoms with Crippen LogP contribution in [0.15, 0.2) is 30.3 Å². The molecule has 0 bridgehead atoms. The minimum absolute atomic E-state index is 0.0758. The molecule has 96 valence electrons. The van der Waals surface area contributed by atoms with Gasteiger partial charge in [0.05, 0.1) is 6.61 Å². The maximum absolute atomic E-state index is 5.59. The molecule has 0 aliphatic carbocycles. The van der Waals surface area contributed by atoms with Crippen molar-refractivity contribution in [3.05, 3.63) is 35.9 Å². The van der Waals surface area contributed by atoms with E-state index in [9.17, 15) is 0 Å². The van der Waals surface area contributed by atoms with Crippen LogP contribution in [0.3, 0.4) is 0 Å². The van der Waals surface area contributed by atoms with Crippen LogP contribution < -0.4 is 5.32 Å². The molecular formula is C15H25NO. The van der Waals surface area contributed by atoms with E-state index in [-0.39, 0.29) is 5.41 Å². The van der Waals surface area contributed by atoms with Gasteiger partial charge in [0.25, 0.3) is 0 Å². The van der Waals surface area contributed by atoms with Crippen molar-refractivity contribution in [3.63, 3.8) is 0 Å². The summed E-state index contributed by atoms with van der Waals surface area (Å²) in [4.78, 5) is 0. The van der Waals surface area contributed by atoms with E-state index in [1.54, 1.807) is 0 Å². The van der Waals surface area contributed by atoms with Gasteiger partial charge in [0.1, 0.15) is 0 Å². The molecule has 0 spiro atoms. The molecule has 2 nitrogen and oxygen atoms in total. The van der Waals surface area contributed by atoms with E-state index >= 15 is 0 Å². The lowest BCUT2D eigenvalue weighted by atomic mass is 9.78. The fourth-order valence-corrected chi connectivity index (χ4v) is 2.07. The van der Waals surface area contributed by atoms with Crippen LogP contribution in [0.25, 0.3) is 0 Å². The Kier molecular flexibility index (Phi) is 5.66. The lowest BCUT2D eigenvalue weighted by Gasteiger charge is -2.35. The molecule has 0 radical (unpaired) electrons. The molecule has 0 saturated heterocycles. The molecule has 0 amide bonds. The van der Waals surface area contributed by atoms with Gasteiger partial charge in [0.15, 0.2) is 0 Å². The third kappa shape index (κ3) is 3.83. The van der Waals surface area contributed by atoms with Gasteiger partial charge >= 0.3 is 0 Å². The van der Waals surface area contributed by atoms with Gasteiger partial charge in [0.2, 0.25) is 0 Å². The Balaban J connectivity index is 2.83. The summed E-state index contributed by atoms with van der Waals surface area (Å²) in [5.41, 5.74) is 1.43. The standard InChI is InChI=1S/C15H25NO/c1-5-16-14(12-17-6-2)15(3,4)13-10-8-7-9-11-13/h7-11,14,16H,5-6,12H2,1-4H3. The summed E-state index contributed by atoms with van der Waals surface area (Å²) in [6.07, 6.45) is 0. The van der Waals surface area contributed by atoms with E-state index < -0.39 is 0 Å². The second kappa shape index (κ2) is 6.77. The van der Waals surface area contributed by atoms with Crippen LogP contribution >= 0.6 is 0 Å². The molecular weight excluding hydrogens is 210 g/mol. The minimum atomic E-state index is 0.0758. The van der Waals surface area contributed by atoms with E-state index in [4.69, 9.17) is 4.74 Å². The van der Waals surface area contributed by atoms with Crippen LogP contribution in [0, 0.1) is 0 Å². The lowest BCUT2D eigenvalue weighted by Crippen LogP contribution is -2.47. The van der Waals surface area contributed by atoms with Crippen molar-refractivity contribution >= 4 is 0 Å². The van der Waals surface area contributed by atoms with E-state index in [1.165, 1.54) is 5.56 Å². The quantitative estimate of drug-likeness (QED) is 0.784. The van der Waals surface area contributed by atoms with Gasteiger partial charge < -0.3 is 10.1 Å². The third-order valence-corrected chi connectivity index (χ3v) is 3.33. The van der Waals surface area contributed by atoms with Crippen LogP contribution in [0.1, 0.15) is 33.3 Å². The summed E-state index contributed by atoms with van der Waals surface area (Å²) in [7, 11) is 0. The first kappa shape index (κ1) is 14.2. The largest absolute Gasteiger partial charge is 0.380 e. The molecule has 0 aliphatic rings. The highest BCUT2D eigenvalue weighted by atomic mass is 16.5. The van der Waals surface area contributed by atoms with Crippen molar-refractivity contribution in [2.75, 3.05) is 19.8 Å². The monoisotopic (exact) mass is 235 g/mol. The molecule has 1 atom stereocenters. The maximum Gasteiger partial charge on any atom is 0.0627 e. The van der Waals surface area contributed by atoms with Gasteiger partial charge in [-0.3, -0.25) is 0 Å².